The highest BCUT2D eigenvalue weighted by Crippen LogP contribution is 2.32. The first-order valence-electron chi connectivity index (χ1n) is 12.7. The summed E-state index contributed by atoms with van der Waals surface area (Å²) in [5.74, 6) is 1.96. The van der Waals surface area contributed by atoms with E-state index >= 15 is 0 Å². The van der Waals surface area contributed by atoms with Crippen molar-refractivity contribution in [2.75, 3.05) is 5.32 Å². The zero-order valence-corrected chi connectivity index (χ0v) is 21.1. The summed E-state index contributed by atoms with van der Waals surface area (Å²) in [5, 5.41) is 6.09. The van der Waals surface area contributed by atoms with E-state index in [-0.39, 0.29) is 29.2 Å². The van der Waals surface area contributed by atoms with Gasteiger partial charge in [-0.15, -0.1) is 0 Å². The van der Waals surface area contributed by atoms with Gasteiger partial charge in [0.2, 0.25) is 5.91 Å². The van der Waals surface area contributed by atoms with Gasteiger partial charge in [-0.05, 0) is 84.5 Å². The van der Waals surface area contributed by atoms with Gasteiger partial charge in [-0.3, -0.25) is 9.59 Å². The summed E-state index contributed by atoms with van der Waals surface area (Å²) >= 11 is 0. The fourth-order valence-electron chi connectivity index (χ4n) is 4.57. The van der Waals surface area contributed by atoms with Gasteiger partial charge in [0, 0.05) is 29.8 Å². The fraction of sp³-hybridized carbons (Fsp3) is 0.367. The smallest absolute Gasteiger partial charge is 0.251 e. The van der Waals surface area contributed by atoms with Gasteiger partial charge in [-0.25, -0.2) is 4.98 Å². The molecule has 0 aliphatic heterocycles. The number of aryl methyl sites for hydroxylation is 1. The van der Waals surface area contributed by atoms with E-state index < -0.39 is 0 Å². The van der Waals surface area contributed by atoms with Gasteiger partial charge in [0.15, 0.2) is 0 Å². The van der Waals surface area contributed by atoms with E-state index in [4.69, 9.17) is 4.74 Å². The van der Waals surface area contributed by atoms with Crippen LogP contribution in [0.5, 0.6) is 11.5 Å². The van der Waals surface area contributed by atoms with Crippen molar-refractivity contribution >= 4 is 17.6 Å². The van der Waals surface area contributed by atoms with Crippen LogP contribution in [0.1, 0.15) is 67.1 Å². The maximum Gasteiger partial charge on any atom is 0.251 e. The zero-order chi connectivity index (χ0) is 25.3. The van der Waals surface area contributed by atoms with Crippen molar-refractivity contribution in [3.05, 3.63) is 83.0 Å². The Labute approximate surface area is 212 Å². The van der Waals surface area contributed by atoms with Crippen LogP contribution in [0.25, 0.3) is 0 Å². The van der Waals surface area contributed by atoms with Gasteiger partial charge in [0.25, 0.3) is 5.91 Å². The molecule has 1 aromatic heterocycles. The molecule has 2 aliphatic carbocycles. The third kappa shape index (κ3) is 5.76. The Morgan fingerprint density at radius 2 is 1.75 bits per heavy atom. The zero-order valence-electron chi connectivity index (χ0n) is 21.1. The first-order chi connectivity index (χ1) is 17.2. The van der Waals surface area contributed by atoms with Crippen LogP contribution in [0.15, 0.2) is 60.8 Å². The van der Waals surface area contributed by atoms with Crippen LogP contribution in [0.4, 0.5) is 5.82 Å². The molecule has 1 saturated carbocycles. The second-order valence-corrected chi connectivity index (χ2v) is 10.9. The molecule has 1 unspecified atom stereocenters. The van der Waals surface area contributed by atoms with Crippen molar-refractivity contribution < 1.29 is 14.3 Å². The maximum atomic E-state index is 13.0. The Bertz CT molecular complexity index is 1290. The number of hydrogen-bond acceptors (Lipinski definition) is 4. The van der Waals surface area contributed by atoms with Crippen molar-refractivity contribution in [3.8, 4) is 11.5 Å². The lowest BCUT2D eigenvalue weighted by molar-refractivity contribution is -0.117. The molecule has 2 amide bonds. The predicted molar refractivity (Wildman–Crippen MR) is 141 cm³/mol. The number of benzene rings is 2. The molecule has 1 heterocycles. The molecule has 6 nitrogen and oxygen atoms in total. The molecule has 5 rings (SSSR count). The lowest BCUT2D eigenvalue weighted by Crippen LogP contribution is -2.39. The largest absolute Gasteiger partial charge is 0.457 e. The molecule has 2 aliphatic rings. The minimum Gasteiger partial charge on any atom is -0.457 e. The molecule has 36 heavy (non-hydrogen) atoms. The summed E-state index contributed by atoms with van der Waals surface area (Å²) in [4.78, 5) is 29.3. The van der Waals surface area contributed by atoms with Crippen molar-refractivity contribution in [3.63, 3.8) is 0 Å². The number of amides is 2. The molecule has 186 valence electrons. The summed E-state index contributed by atoms with van der Waals surface area (Å²) in [6, 6.07) is 17.6. The molecule has 1 fully saturated rings. The van der Waals surface area contributed by atoms with Crippen LogP contribution in [0.2, 0.25) is 0 Å². The predicted octanol–water partition coefficient (Wildman–Crippen LogP) is 5.81. The van der Waals surface area contributed by atoms with Crippen LogP contribution in [-0.4, -0.2) is 22.8 Å². The molecule has 6 heteroatoms. The van der Waals surface area contributed by atoms with Gasteiger partial charge in [0.05, 0.1) is 0 Å². The Kier molecular flexibility index (Phi) is 6.52. The van der Waals surface area contributed by atoms with Crippen LogP contribution < -0.4 is 15.4 Å². The van der Waals surface area contributed by atoms with Gasteiger partial charge >= 0.3 is 0 Å². The SMILES string of the molecule is CC(C)(C)c1cccc(C(=O)NC2CCc3ccc(Oc4ccnc(NC(=O)C5CC5)c4)cc3C2)c1. The quantitative estimate of drug-likeness (QED) is 0.464. The standard InChI is InChI=1S/C30H33N3O3/c1-30(2,3)23-6-4-5-21(15-23)29(35)32-24-11-9-19-10-12-25(17-22(19)16-24)36-26-13-14-31-27(18-26)33-28(34)20-7-8-20/h4-6,10,12-15,17-18,20,24H,7-9,11,16H2,1-3H3,(H,32,35)(H,31,33,34). The minimum atomic E-state index is -0.0282. The molecule has 3 aromatic rings. The molecule has 1 atom stereocenters. The highest BCUT2D eigenvalue weighted by atomic mass is 16.5. The van der Waals surface area contributed by atoms with E-state index in [0.29, 0.717) is 17.1 Å². The van der Waals surface area contributed by atoms with Gasteiger partial charge in [0.1, 0.15) is 17.3 Å². The average molecular weight is 484 g/mol. The van der Waals surface area contributed by atoms with Crippen LogP contribution in [0, 0.1) is 5.92 Å². The number of rotatable bonds is 6. The third-order valence-corrected chi connectivity index (χ3v) is 6.90. The minimum absolute atomic E-state index is 0.00510. The number of fused-ring (bicyclic) bond motifs is 1. The Morgan fingerprint density at radius 3 is 2.53 bits per heavy atom. The molecular formula is C30H33N3O3. The number of aromatic nitrogens is 1. The second kappa shape index (κ2) is 9.76. The second-order valence-electron chi connectivity index (χ2n) is 10.9. The molecular weight excluding hydrogens is 450 g/mol. The molecule has 0 radical (unpaired) electrons. The number of anilines is 1. The number of carbonyl (C=O) groups is 2. The lowest BCUT2D eigenvalue weighted by Gasteiger charge is -2.26. The monoisotopic (exact) mass is 483 g/mol. The highest BCUT2D eigenvalue weighted by Gasteiger charge is 2.30. The van der Waals surface area contributed by atoms with Crippen LogP contribution in [-0.2, 0) is 23.1 Å². The van der Waals surface area contributed by atoms with E-state index in [0.717, 1.165) is 43.4 Å². The topological polar surface area (TPSA) is 80.3 Å². The summed E-state index contributed by atoms with van der Waals surface area (Å²) in [7, 11) is 0. The number of hydrogen-bond donors (Lipinski definition) is 2. The molecule has 0 saturated heterocycles. The first-order valence-corrected chi connectivity index (χ1v) is 12.7. The number of ether oxygens (including phenoxy) is 1. The lowest BCUT2D eigenvalue weighted by atomic mass is 9.86. The van der Waals surface area contributed by atoms with E-state index in [1.54, 1.807) is 18.3 Å². The van der Waals surface area contributed by atoms with Crippen molar-refractivity contribution in [2.24, 2.45) is 5.92 Å². The van der Waals surface area contributed by atoms with E-state index in [1.165, 1.54) is 11.1 Å². The van der Waals surface area contributed by atoms with Crippen molar-refractivity contribution in [1.82, 2.24) is 10.3 Å². The van der Waals surface area contributed by atoms with Gasteiger partial charge in [-0.1, -0.05) is 39.0 Å². The molecule has 0 bridgehead atoms. The normalized spacial score (nSPS) is 17.1. The third-order valence-electron chi connectivity index (χ3n) is 6.90. The first kappa shape index (κ1) is 24.0. The Balaban J connectivity index is 1.24. The van der Waals surface area contributed by atoms with Crippen LogP contribution in [0.3, 0.4) is 0 Å². The summed E-state index contributed by atoms with van der Waals surface area (Å²) in [6.07, 6.45) is 6.11. The molecule has 0 spiro atoms. The van der Waals surface area contributed by atoms with Crippen LogP contribution >= 0.6 is 0 Å². The fourth-order valence-corrected chi connectivity index (χ4v) is 4.57. The number of nitrogens with one attached hydrogen (secondary N) is 2. The van der Waals surface area contributed by atoms with Gasteiger partial charge in [-0.2, -0.15) is 0 Å². The van der Waals surface area contributed by atoms with E-state index in [9.17, 15) is 9.59 Å². The van der Waals surface area contributed by atoms with E-state index in [1.807, 2.05) is 24.3 Å². The summed E-state index contributed by atoms with van der Waals surface area (Å²) < 4.78 is 6.09. The number of nitrogens with zero attached hydrogens (tertiary/aromatic N) is 1. The van der Waals surface area contributed by atoms with Crippen molar-refractivity contribution in [2.45, 2.75) is 64.3 Å². The van der Waals surface area contributed by atoms with Gasteiger partial charge < -0.3 is 15.4 Å². The Hall–Kier alpha value is -3.67. The number of carbonyl (C=O) groups excluding carboxylic acids is 2. The summed E-state index contributed by atoms with van der Waals surface area (Å²) in [5.41, 5.74) is 4.32. The summed E-state index contributed by atoms with van der Waals surface area (Å²) in [6.45, 7) is 6.45. The molecule has 2 aromatic carbocycles. The maximum absolute atomic E-state index is 13.0. The molecule has 2 N–H and O–H groups in total. The average Bonchev–Trinajstić information content (AvgIpc) is 3.69. The number of pyridine rings is 1. The highest BCUT2D eigenvalue weighted by molar-refractivity contribution is 5.94. The Morgan fingerprint density at radius 1 is 0.944 bits per heavy atom. The van der Waals surface area contributed by atoms with Crippen molar-refractivity contribution in [1.29, 1.82) is 0 Å². The van der Waals surface area contributed by atoms with E-state index in [2.05, 4.69) is 54.6 Å².